The van der Waals surface area contributed by atoms with Crippen molar-refractivity contribution < 1.29 is 4.79 Å². The Morgan fingerprint density at radius 2 is 2.00 bits per heavy atom. The molecule has 0 saturated heterocycles. The molecule has 3 heteroatoms. The lowest BCUT2D eigenvalue weighted by Crippen LogP contribution is -2.27. The largest absolute Gasteiger partial charge is 0.342 e. The molecule has 1 aromatic heterocycles. The highest BCUT2D eigenvalue weighted by molar-refractivity contribution is 5.93. The minimum atomic E-state index is 0.0247. The molecule has 0 spiro atoms. The molecule has 3 nitrogen and oxygen atoms in total. The van der Waals surface area contributed by atoms with E-state index in [0.717, 1.165) is 18.7 Å². The summed E-state index contributed by atoms with van der Waals surface area (Å²) >= 11 is 0. The molecule has 0 saturated carbocycles. The molecular weight excluding hydrogens is 212 g/mol. The third-order valence-electron chi connectivity index (χ3n) is 2.68. The number of amides is 1. The van der Waals surface area contributed by atoms with Crippen molar-refractivity contribution in [2.24, 2.45) is 0 Å². The molecule has 0 aliphatic carbocycles. The van der Waals surface area contributed by atoms with Gasteiger partial charge in [-0.25, -0.2) is 0 Å². The van der Waals surface area contributed by atoms with Crippen molar-refractivity contribution in [1.29, 1.82) is 0 Å². The Morgan fingerprint density at radius 1 is 1.35 bits per heavy atom. The van der Waals surface area contributed by atoms with Crippen LogP contribution in [-0.2, 0) is 5.41 Å². The van der Waals surface area contributed by atoms with Gasteiger partial charge in [0.15, 0.2) is 0 Å². The van der Waals surface area contributed by atoms with Gasteiger partial charge >= 0.3 is 0 Å². The van der Waals surface area contributed by atoms with Gasteiger partial charge in [0.25, 0.3) is 5.91 Å². The standard InChI is InChI=1S/C14H22N2O/c1-6-9-16(5)13(17)11-7-8-12(15-10-11)14(2,3)4/h7-8,10H,6,9H2,1-5H3. The van der Waals surface area contributed by atoms with Crippen molar-refractivity contribution in [2.75, 3.05) is 13.6 Å². The molecule has 17 heavy (non-hydrogen) atoms. The van der Waals surface area contributed by atoms with Gasteiger partial charge in [0.1, 0.15) is 0 Å². The van der Waals surface area contributed by atoms with Gasteiger partial charge < -0.3 is 4.90 Å². The second-order valence-electron chi connectivity index (χ2n) is 5.41. The van der Waals surface area contributed by atoms with Crippen LogP contribution in [0.15, 0.2) is 18.3 Å². The molecule has 0 radical (unpaired) electrons. The van der Waals surface area contributed by atoms with E-state index >= 15 is 0 Å². The minimum absolute atomic E-state index is 0.0247. The summed E-state index contributed by atoms with van der Waals surface area (Å²) in [6, 6.07) is 3.80. The molecule has 0 N–H and O–H groups in total. The van der Waals surface area contributed by atoms with E-state index in [0.29, 0.717) is 5.56 Å². The molecule has 0 unspecified atom stereocenters. The number of rotatable bonds is 3. The average Bonchev–Trinajstić information content (AvgIpc) is 2.27. The average molecular weight is 234 g/mol. The van der Waals surface area contributed by atoms with Crippen molar-refractivity contribution in [2.45, 2.75) is 39.5 Å². The first-order valence-electron chi connectivity index (χ1n) is 6.08. The lowest BCUT2D eigenvalue weighted by molar-refractivity contribution is 0.0794. The summed E-state index contributed by atoms with van der Waals surface area (Å²) in [4.78, 5) is 18.1. The molecule has 0 aliphatic rings. The fourth-order valence-corrected chi connectivity index (χ4v) is 1.62. The minimum Gasteiger partial charge on any atom is -0.342 e. The van der Waals surface area contributed by atoms with E-state index in [1.807, 2.05) is 19.2 Å². The Kier molecular flexibility index (Phi) is 4.27. The quantitative estimate of drug-likeness (QED) is 0.805. The van der Waals surface area contributed by atoms with Gasteiger partial charge in [-0.3, -0.25) is 9.78 Å². The Balaban J connectivity index is 2.84. The highest BCUT2D eigenvalue weighted by Gasteiger charge is 2.17. The molecule has 0 aliphatic heterocycles. The maximum absolute atomic E-state index is 12.0. The van der Waals surface area contributed by atoms with Crippen molar-refractivity contribution in [3.05, 3.63) is 29.6 Å². The second kappa shape index (κ2) is 5.30. The summed E-state index contributed by atoms with van der Waals surface area (Å²) in [7, 11) is 1.82. The first kappa shape index (κ1) is 13.7. The molecule has 0 fully saturated rings. The maximum Gasteiger partial charge on any atom is 0.255 e. The van der Waals surface area contributed by atoms with Crippen LogP contribution >= 0.6 is 0 Å². The van der Waals surface area contributed by atoms with Crippen molar-refractivity contribution in [3.8, 4) is 0 Å². The monoisotopic (exact) mass is 234 g/mol. The van der Waals surface area contributed by atoms with Crippen LogP contribution in [0, 0.1) is 0 Å². The zero-order valence-corrected chi connectivity index (χ0v) is 11.4. The predicted molar refractivity (Wildman–Crippen MR) is 70.2 cm³/mol. The molecular formula is C14H22N2O. The van der Waals surface area contributed by atoms with Gasteiger partial charge in [-0.1, -0.05) is 27.7 Å². The molecule has 1 rings (SSSR count). The summed E-state index contributed by atoms with van der Waals surface area (Å²) in [6.07, 6.45) is 2.64. The number of nitrogens with zero attached hydrogens (tertiary/aromatic N) is 2. The third-order valence-corrected chi connectivity index (χ3v) is 2.68. The first-order chi connectivity index (χ1) is 7.86. The van der Waals surface area contributed by atoms with E-state index in [4.69, 9.17) is 0 Å². The number of aromatic nitrogens is 1. The Hall–Kier alpha value is -1.38. The van der Waals surface area contributed by atoms with E-state index in [1.54, 1.807) is 11.1 Å². The number of pyridine rings is 1. The van der Waals surface area contributed by atoms with Crippen molar-refractivity contribution >= 4 is 5.91 Å². The van der Waals surface area contributed by atoms with Crippen LogP contribution in [0.2, 0.25) is 0 Å². The zero-order valence-electron chi connectivity index (χ0n) is 11.4. The van der Waals surface area contributed by atoms with Crippen molar-refractivity contribution in [1.82, 2.24) is 9.88 Å². The summed E-state index contributed by atoms with van der Waals surface area (Å²) in [5.41, 5.74) is 1.69. The van der Waals surface area contributed by atoms with E-state index < -0.39 is 0 Å². The predicted octanol–water partition coefficient (Wildman–Crippen LogP) is 2.86. The van der Waals surface area contributed by atoms with E-state index in [9.17, 15) is 4.79 Å². The number of hydrogen-bond donors (Lipinski definition) is 0. The first-order valence-corrected chi connectivity index (χ1v) is 6.08. The SMILES string of the molecule is CCCN(C)C(=O)c1ccc(C(C)(C)C)nc1. The second-order valence-corrected chi connectivity index (χ2v) is 5.41. The lowest BCUT2D eigenvalue weighted by atomic mass is 9.91. The molecule has 0 atom stereocenters. The maximum atomic E-state index is 12.0. The van der Waals surface area contributed by atoms with E-state index in [-0.39, 0.29) is 11.3 Å². The van der Waals surface area contributed by atoms with Crippen LogP contribution in [-0.4, -0.2) is 29.4 Å². The van der Waals surface area contributed by atoms with Crippen LogP contribution in [0.5, 0.6) is 0 Å². The Labute approximate surface area is 104 Å². The number of carbonyl (C=O) groups excluding carboxylic acids is 1. The van der Waals surface area contributed by atoms with E-state index in [1.165, 1.54) is 0 Å². The summed E-state index contributed by atoms with van der Waals surface area (Å²) in [5, 5.41) is 0. The van der Waals surface area contributed by atoms with Crippen LogP contribution in [0.25, 0.3) is 0 Å². The summed E-state index contributed by atoms with van der Waals surface area (Å²) in [5.74, 6) is 0.0415. The van der Waals surface area contributed by atoms with Gasteiger partial charge in [-0.15, -0.1) is 0 Å². The fraction of sp³-hybridized carbons (Fsp3) is 0.571. The van der Waals surface area contributed by atoms with Gasteiger partial charge in [0.05, 0.1) is 5.56 Å². The topological polar surface area (TPSA) is 33.2 Å². The smallest absolute Gasteiger partial charge is 0.255 e. The van der Waals surface area contributed by atoms with Crippen LogP contribution in [0.1, 0.15) is 50.2 Å². The molecule has 94 valence electrons. The summed E-state index contributed by atoms with van der Waals surface area (Å²) in [6.45, 7) is 9.17. The van der Waals surface area contributed by atoms with Crippen molar-refractivity contribution in [3.63, 3.8) is 0 Å². The van der Waals surface area contributed by atoms with Gasteiger partial charge in [0.2, 0.25) is 0 Å². The fourth-order valence-electron chi connectivity index (χ4n) is 1.62. The zero-order chi connectivity index (χ0) is 13.1. The van der Waals surface area contributed by atoms with Crippen LogP contribution < -0.4 is 0 Å². The molecule has 1 aromatic rings. The summed E-state index contributed by atoms with van der Waals surface area (Å²) < 4.78 is 0. The molecule has 1 heterocycles. The van der Waals surface area contributed by atoms with Gasteiger partial charge in [0, 0.05) is 30.9 Å². The normalized spacial score (nSPS) is 11.4. The highest BCUT2D eigenvalue weighted by Crippen LogP contribution is 2.19. The van der Waals surface area contributed by atoms with Gasteiger partial charge in [-0.05, 0) is 18.6 Å². The molecule has 1 amide bonds. The van der Waals surface area contributed by atoms with E-state index in [2.05, 4.69) is 32.7 Å². The number of hydrogen-bond acceptors (Lipinski definition) is 2. The van der Waals surface area contributed by atoms with Gasteiger partial charge in [-0.2, -0.15) is 0 Å². The Bertz CT molecular complexity index is 376. The third kappa shape index (κ3) is 3.55. The lowest BCUT2D eigenvalue weighted by Gasteiger charge is -2.19. The molecule has 0 bridgehead atoms. The van der Waals surface area contributed by atoms with Crippen LogP contribution in [0.3, 0.4) is 0 Å². The highest BCUT2D eigenvalue weighted by atomic mass is 16.2. The number of carbonyl (C=O) groups is 1. The molecule has 0 aromatic carbocycles. The van der Waals surface area contributed by atoms with Crippen LogP contribution in [0.4, 0.5) is 0 Å². The Morgan fingerprint density at radius 3 is 2.41 bits per heavy atom.